The average molecular weight is 453 g/mol. The maximum absolute atomic E-state index is 6.48. The minimum absolute atomic E-state index is 0.305. The molecule has 2 aromatic rings. The molecule has 3 heterocycles. The lowest BCUT2D eigenvalue weighted by atomic mass is 9.80. The molecular weight excluding hydrogens is 420 g/mol. The van der Waals surface area contributed by atoms with Crippen LogP contribution in [0.15, 0.2) is 72.5 Å². The second-order valence-electron chi connectivity index (χ2n) is 8.82. The van der Waals surface area contributed by atoms with Crippen molar-refractivity contribution in [3.63, 3.8) is 0 Å². The van der Waals surface area contributed by atoms with Crippen molar-refractivity contribution in [2.45, 2.75) is 75.9 Å². The van der Waals surface area contributed by atoms with E-state index in [2.05, 4.69) is 31.2 Å². The molecule has 33 heavy (non-hydrogen) atoms. The highest BCUT2D eigenvalue weighted by Gasteiger charge is 2.66. The number of unbranched alkanes of at least 4 members (excludes halogenated alkanes) is 1. The van der Waals surface area contributed by atoms with E-state index in [9.17, 15) is 0 Å². The van der Waals surface area contributed by atoms with Gasteiger partial charge in [-0.25, -0.2) is 0 Å². The SMILES string of the molecule is CCCCC12OC3[C@H](OCc4ccccc4)[C@H](O1)C(=COC)[C@H](O2)[C@H]3OCc1ccccc1. The van der Waals surface area contributed by atoms with Crippen LogP contribution in [-0.4, -0.2) is 43.6 Å². The van der Waals surface area contributed by atoms with E-state index in [4.69, 9.17) is 28.4 Å². The quantitative estimate of drug-likeness (QED) is 0.486. The van der Waals surface area contributed by atoms with Gasteiger partial charge in [0.1, 0.15) is 30.5 Å². The van der Waals surface area contributed by atoms with Crippen molar-refractivity contribution in [2.75, 3.05) is 7.11 Å². The highest BCUT2D eigenvalue weighted by molar-refractivity contribution is 5.28. The summed E-state index contributed by atoms with van der Waals surface area (Å²) in [6, 6.07) is 20.3. The molecule has 1 saturated carbocycles. The van der Waals surface area contributed by atoms with Gasteiger partial charge in [-0.05, 0) is 17.5 Å². The van der Waals surface area contributed by atoms with Gasteiger partial charge in [0.05, 0.1) is 26.6 Å². The lowest BCUT2D eigenvalue weighted by molar-refractivity contribution is -0.515. The maximum Gasteiger partial charge on any atom is 0.284 e. The minimum Gasteiger partial charge on any atom is -0.504 e. The molecule has 6 atom stereocenters. The molecular formula is C27H32O6. The highest BCUT2D eigenvalue weighted by Crippen LogP contribution is 2.51. The van der Waals surface area contributed by atoms with E-state index in [0.717, 1.165) is 29.5 Å². The minimum atomic E-state index is -1.06. The summed E-state index contributed by atoms with van der Waals surface area (Å²) in [6.45, 7) is 3.07. The summed E-state index contributed by atoms with van der Waals surface area (Å²) >= 11 is 0. The van der Waals surface area contributed by atoms with Crippen LogP contribution in [0.3, 0.4) is 0 Å². The normalized spacial score (nSPS) is 33.5. The van der Waals surface area contributed by atoms with Gasteiger partial charge in [-0.15, -0.1) is 0 Å². The Labute approximate surface area is 195 Å². The second-order valence-corrected chi connectivity index (χ2v) is 8.82. The van der Waals surface area contributed by atoms with Gasteiger partial charge in [-0.3, -0.25) is 0 Å². The molecule has 4 aliphatic rings. The molecule has 6 heteroatoms. The molecule has 1 aliphatic carbocycles. The van der Waals surface area contributed by atoms with Gasteiger partial charge in [0, 0.05) is 12.0 Å². The fourth-order valence-electron chi connectivity index (χ4n) is 4.89. The Hall–Kier alpha value is -2.22. The lowest BCUT2D eigenvalue weighted by Crippen LogP contribution is -2.75. The summed E-state index contributed by atoms with van der Waals surface area (Å²) in [4.78, 5) is 0. The first-order valence-corrected chi connectivity index (χ1v) is 11.8. The largest absolute Gasteiger partial charge is 0.504 e. The van der Waals surface area contributed by atoms with E-state index in [-0.39, 0.29) is 30.5 Å². The Kier molecular flexibility index (Phi) is 6.81. The van der Waals surface area contributed by atoms with Crippen molar-refractivity contribution in [3.05, 3.63) is 83.6 Å². The van der Waals surface area contributed by atoms with Crippen molar-refractivity contribution in [1.29, 1.82) is 0 Å². The average Bonchev–Trinajstić information content (AvgIpc) is 2.85. The molecule has 0 radical (unpaired) electrons. The summed E-state index contributed by atoms with van der Waals surface area (Å²) in [6.07, 6.45) is 2.79. The molecule has 2 unspecified atom stereocenters. The van der Waals surface area contributed by atoms with Crippen molar-refractivity contribution < 1.29 is 28.4 Å². The zero-order valence-electron chi connectivity index (χ0n) is 19.2. The summed E-state index contributed by atoms with van der Waals surface area (Å²) in [5, 5.41) is 0. The second kappa shape index (κ2) is 9.95. The number of ether oxygens (including phenoxy) is 6. The van der Waals surface area contributed by atoms with Crippen molar-refractivity contribution in [2.24, 2.45) is 0 Å². The van der Waals surface area contributed by atoms with Gasteiger partial charge in [-0.1, -0.05) is 74.0 Å². The molecule has 6 nitrogen and oxygen atoms in total. The van der Waals surface area contributed by atoms with Crippen molar-refractivity contribution in [3.8, 4) is 0 Å². The predicted octanol–water partition coefficient (Wildman–Crippen LogP) is 4.73. The number of benzene rings is 2. The van der Waals surface area contributed by atoms with Crippen LogP contribution in [0, 0.1) is 0 Å². The van der Waals surface area contributed by atoms with Gasteiger partial charge in [0.25, 0.3) is 5.97 Å². The van der Waals surface area contributed by atoms with Crippen LogP contribution in [0.1, 0.15) is 37.3 Å². The van der Waals surface area contributed by atoms with Crippen molar-refractivity contribution >= 4 is 0 Å². The Bertz CT molecular complexity index is 867. The fourth-order valence-corrected chi connectivity index (χ4v) is 4.89. The third-order valence-corrected chi connectivity index (χ3v) is 6.49. The monoisotopic (exact) mass is 452 g/mol. The Balaban J connectivity index is 1.42. The van der Waals surface area contributed by atoms with Gasteiger partial charge in [0.15, 0.2) is 0 Å². The fraction of sp³-hybridized carbons (Fsp3) is 0.481. The van der Waals surface area contributed by atoms with Gasteiger partial charge >= 0.3 is 0 Å². The summed E-state index contributed by atoms with van der Waals surface area (Å²) in [5.74, 6) is -1.06. The molecule has 3 saturated heterocycles. The van der Waals surface area contributed by atoms with Crippen LogP contribution >= 0.6 is 0 Å². The predicted molar refractivity (Wildman–Crippen MR) is 122 cm³/mol. The Morgan fingerprint density at radius 1 is 0.818 bits per heavy atom. The van der Waals surface area contributed by atoms with Crippen LogP contribution in [0.25, 0.3) is 0 Å². The molecule has 6 rings (SSSR count). The van der Waals surface area contributed by atoms with Crippen molar-refractivity contribution in [1.82, 2.24) is 0 Å². The molecule has 0 aromatic heterocycles. The first-order valence-electron chi connectivity index (χ1n) is 11.8. The van der Waals surface area contributed by atoms with Crippen LogP contribution in [0.5, 0.6) is 0 Å². The molecule has 4 fully saturated rings. The summed E-state index contributed by atoms with van der Waals surface area (Å²) in [5.41, 5.74) is 3.10. The highest BCUT2D eigenvalue weighted by atomic mass is 16.9. The van der Waals surface area contributed by atoms with E-state index in [0.29, 0.717) is 19.6 Å². The molecule has 0 N–H and O–H groups in total. The van der Waals surface area contributed by atoms with E-state index in [1.807, 2.05) is 36.4 Å². The van der Waals surface area contributed by atoms with Gasteiger partial charge in [-0.2, -0.15) is 0 Å². The van der Waals surface area contributed by atoms with E-state index >= 15 is 0 Å². The number of rotatable bonds is 10. The zero-order chi connectivity index (χ0) is 22.7. The van der Waals surface area contributed by atoms with Crippen LogP contribution in [0.4, 0.5) is 0 Å². The number of methoxy groups -OCH3 is 1. The van der Waals surface area contributed by atoms with E-state index in [1.54, 1.807) is 13.4 Å². The lowest BCUT2D eigenvalue weighted by Gasteiger charge is -2.61. The maximum atomic E-state index is 6.48. The van der Waals surface area contributed by atoms with E-state index < -0.39 is 5.97 Å². The molecule has 3 aliphatic heterocycles. The smallest absolute Gasteiger partial charge is 0.284 e. The van der Waals surface area contributed by atoms with Crippen LogP contribution < -0.4 is 0 Å². The molecule has 0 amide bonds. The zero-order valence-corrected chi connectivity index (χ0v) is 19.2. The third-order valence-electron chi connectivity index (χ3n) is 6.49. The number of hydrogen-bond acceptors (Lipinski definition) is 6. The van der Waals surface area contributed by atoms with Gasteiger partial charge in [0.2, 0.25) is 0 Å². The molecule has 2 aromatic carbocycles. The Morgan fingerprint density at radius 3 is 1.85 bits per heavy atom. The van der Waals surface area contributed by atoms with Crippen LogP contribution in [-0.2, 0) is 41.6 Å². The molecule has 4 bridgehead atoms. The topological polar surface area (TPSA) is 55.4 Å². The molecule has 176 valence electrons. The summed E-state index contributed by atoms with van der Waals surface area (Å²) < 4.78 is 37.6. The Morgan fingerprint density at radius 2 is 1.36 bits per heavy atom. The first-order chi connectivity index (χ1) is 16.2. The number of hydrogen-bond donors (Lipinski definition) is 0. The van der Waals surface area contributed by atoms with E-state index in [1.165, 1.54) is 0 Å². The standard InChI is InChI=1S/C27H32O6/c1-3-4-15-27-31-22-21(18-28-2)23(32-27)25(30-17-20-13-9-6-10-14-20)26(33-27)24(22)29-16-19-11-7-5-8-12-19/h5-14,18,22-26H,3-4,15-17H2,1-2H3/t22-,23+,24-,25-,26?,27?/m1/s1. The molecule has 0 spiro atoms. The summed E-state index contributed by atoms with van der Waals surface area (Å²) in [7, 11) is 1.64. The van der Waals surface area contributed by atoms with Gasteiger partial charge < -0.3 is 28.4 Å². The third kappa shape index (κ3) is 4.59. The van der Waals surface area contributed by atoms with Crippen LogP contribution in [0.2, 0.25) is 0 Å². The first kappa shape index (κ1) is 22.6.